The predicted molar refractivity (Wildman–Crippen MR) is 126 cm³/mol. The summed E-state index contributed by atoms with van der Waals surface area (Å²) in [5.74, 6) is -0.223. The monoisotopic (exact) mass is 471 g/mol. The lowest BCUT2D eigenvalue weighted by Gasteiger charge is -2.24. The number of carbonyl (C=O) groups excluding carboxylic acids is 1. The summed E-state index contributed by atoms with van der Waals surface area (Å²) in [4.78, 5) is 12.6. The van der Waals surface area contributed by atoms with Crippen molar-refractivity contribution in [2.75, 3.05) is 18.0 Å². The molecule has 0 aliphatic rings. The van der Waals surface area contributed by atoms with E-state index < -0.39 is 22.5 Å². The fourth-order valence-electron chi connectivity index (χ4n) is 2.84. The fraction of sp³-hybridized carbons (Fsp3) is 0.130. The van der Waals surface area contributed by atoms with E-state index in [4.69, 9.17) is 16.3 Å². The highest BCUT2D eigenvalue weighted by atomic mass is 35.5. The molecular weight excluding hydrogens is 450 g/mol. The number of sulfonamides is 1. The molecule has 0 saturated heterocycles. The van der Waals surface area contributed by atoms with Crippen LogP contribution in [-0.2, 0) is 14.8 Å². The molecule has 32 heavy (non-hydrogen) atoms. The van der Waals surface area contributed by atoms with Crippen LogP contribution in [0.5, 0.6) is 5.75 Å². The number of hydrazone groups is 1. The zero-order valence-corrected chi connectivity index (χ0v) is 19.1. The van der Waals surface area contributed by atoms with E-state index in [2.05, 4.69) is 10.5 Å². The molecule has 1 N–H and O–H groups in total. The summed E-state index contributed by atoms with van der Waals surface area (Å²) in [6.45, 7) is 1.47. The van der Waals surface area contributed by atoms with Crippen LogP contribution in [0.4, 0.5) is 5.69 Å². The molecule has 0 heterocycles. The van der Waals surface area contributed by atoms with Gasteiger partial charge in [0.25, 0.3) is 15.9 Å². The van der Waals surface area contributed by atoms with Crippen LogP contribution < -0.4 is 14.5 Å². The van der Waals surface area contributed by atoms with Crippen molar-refractivity contribution < 1.29 is 17.9 Å². The maximum absolute atomic E-state index is 13.3. The topological polar surface area (TPSA) is 88.1 Å². The molecule has 1 amide bonds. The minimum absolute atomic E-state index is 0.0443. The van der Waals surface area contributed by atoms with Crippen LogP contribution in [0.1, 0.15) is 11.1 Å². The number of hydrogen-bond acceptors (Lipinski definition) is 5. The van der Waals surface area contributed by atoms with Crippen molar-refractivity contribution >= 4 is 39.4 Å². The van der Waals surface area contributed by atoms with Crippen LogP contribution in [0.25, 0.3) is 0 Å². The molecule has 0 saturated carbocycles. The number of nitrogens with zero attached hydrogens (tertiary/aromatic N) is 2. The second-order valence-electron chi connectivity index (χ2n) is 6.85. The normalized spacial score (nSPS) is 11.3. The van der Waals surface area contributed by atoms with Crippen LogP contribution in [0.2, 0.25) is 5.02 Å². The fourth-order valence-corrected chi connectivity index (χ4v) is 4.53. The molecule has 0 spiro atoms. The number of nitrogens with one attached hydrogen (secondary N) is 1. The highest BCUT2D eigenvalue weighted by molar-refractivity contribution is 7.92. The second kappa shape index (κ2) is 10.3. The number of methoxy groups -OCH3 is 1. The summed E-state index contributed by atoms with van der Waals surface area (Å²) in [6, 6.07) is 19.9. The Kier molecular flexibility index (Phi) is 7.50. The lowest BCUT2D eigenvalue weighted by molar-refractivity contribution is -0.119. The molecule has 0 atom stereocenters. The minimum Gasteiger partial charge on any atom is -0.495 e. The van der Waals surface area contributed by atoms with E-state index in [-0.39, 0.29) is 15.6 Å². The third kappa shape index (κ3) is 5.66. The van der Waals surface area contributed by atoms with E-state index in [0.29, 0.717) is 5.75 Å². The van der Waals surface area contributed by atoms with E-state index in [1.807, 2.05) is 31.2 Å². The molecule has 0 fully saturated rings. The Balaban J connectivity index is 1.86. The molecule has 0 aromatic heterocycles. The summed E-state index contributed by atoms with van der Waals surface area (Å²) in [5.41, 5.74) is 4.49. The van der Waals surface area contributed by atoms with Gasteiger partial charge in [0.05, 0.1) is 28.9 Å². The summed E-state index contributed by atoms with van der Waals surface area (Å²) < 4.78 is 32.7. The van der Waals surface area contributed by atoms with Crippen molar-refractivity contribution in [3.8, 4) is 5.75 Å². The van der Waals surface area contributed by atoms with Gasteiger partial charge in [0.1, 0.15) is 12.3 Å². The van der Waals surface area contributed by atoms with Crippen molar-refractivity contribution in [1.82, 2.24) is 5.43 Å². The summed E-state index contributed by atoms with van der Waals surface area (Å²) in [5, 5.41) is 4.14. The number of rotatable bonds is 8. The molecule has 9 heteroatoms. The van der Waals surface area contributed by atoms with Crippen LogP contribution >= 0.6 is 11.6 Å². The van der Waals surface area contributed by atoms with Gasteiger partial charge in [-0.15, -0.1) is 0 Å². The van der Waals surface area contributed by atoms with E-state index in [0.717, 1.165) is 15.4 Å². The van der Waals surface area contributed by atoms with Crippen molar-refractivity contribution in [2.45, 2.75) is 11.8 Å². The molecule has 3 rings (SSSR count). The van der Waals surface area contributed by atoms with Crippen molar-refractivity contribution in [1.29, 1.82) is 0 Å². The molecule has 0 bridgehead atoms. The van der Waals surface area contributed by atoms with Crippen LogP contribution in [-0.4, -0.2) is 34.2 Å². The molecule has 7 nitrogen and oxygen atoms in total. The van der Waals surface area contributed by atoms with Crippen molar-refractivity contribution in [3.63, 3.8) is 0 Å². The summed E-state index contributed by atoms with van der Waals surface area (Å²) in [7, 11) is -2.59. The molecule has 3 aromatic carbocycles. The molecule has 0 unspecified atom stereocenters. The Morgan fingerprint density at radius 3 is 2.41 bits per heavy atom. The van der Waals surface area contributed by atoms with Gasteiger partial charge in [-0.25, -0.2) is 13.8 Å². The Bertz CT molecular complexity index is 1210. The van der Waals surface area contributed by atoms with Gasteiger partial charge < -0.3 is 4.74 Å². The SMILES string of the molecule is COc1ccc(N(CC(=O)N/N=C\c2ccc(C)cc2)S(=O)(=O)c2ccccc2)cc1Cl. The average molecular weight is 472 g/mol. The quantitative estimate of drug-likeness (QED) is 0.397. The van der Waals surface area contributed by atoms with E-state index in [1.165, 1.54) is 37.6 Å². The first-order valence-corrected chi connectivity index (χ1v) is 11.4. The first kappa shape index (κ1) is 23.3. The van der Waals surface area contributed by atoms with Gasteiger partial charge in [0, 0.05) is 0 Å². The summed E-state index contributed by atoms with van der Waals surface area (Å²) in [6.07, 6.45) is 1.48. The Morgan fingerprint density at radius 2 is 1.78 bits per heavy atom. The maximum atomic E-state index is 13.3. The third-order valence-corrected chi connectivity index (χ3v) is 6.61. The second-order valence-corrected chi connectivity index (χ2v) is 9.12. The lowest BCUT2D eigenvalue weighted by Crippen LogP contribution is -2.39. The first-order valence-electron chi connectivity index (χ1n) is 9.61. The van der Waals surface area contributed by atoms with Gasteiger partial charge in [-0.2, -0.15) is 5.10 Å². The predicted octanol–water partition coefficient (Wildman–Crippen LogP) is 4.00. The Labute approximate surface area is 192 Å². The van der Waals surface area contributed by atoms with Gasteiger partial charge >= 0.3 is 0 Å². The first-order chi connectivity index (χ1) is 15.3. The molecule has 0 radical (unpaired) electrons. The van der Waals surface area contributed by atoms with E-state index in [1.54, 1.807) is 24.3 Å². The van der Waals surface area contributed by atoms with Gasteiger partial charge in [-0.3, -0.25) is 9.10 Å². The van der Waals surface area contributed by atoms with Crippen molar-refractivity contribution in [3.05, 3.63) is 88.9 Å². The Hall–Kier alpha value is -3.36. The van der Waals surface area contributed by atoms with Crippen LogP contribution in [0.15, 0.2) is 82.8 Å². The highest BCUT2D eigenvalue weighted by Crippen LogP contribution is 2.31. The number of aryl methyl sites for hydroxylation is 1. The van der Waals surface area contributed by atoms with Crippen LogP contribution in [0.3, 0.4) is 0 Å². The minimum atomic E-state index is -4.05. The molecule has 166 valence electrons. The number of amides is 1. The maximum Gasteiger partial charge on any atom is 0.264 e. The van der Waals surface area contributed by atoms with E-state index in [9.17, 15) is 13.2 Å². The Morgan fingerprint density at radius 1 is 1.09 bits per heavy atom. The van der Waals surface area contributed by atoms with Gasteiger partial charge in [0.2, 0.25) is 0 Å². The van der Waals surface area contributed by atoms with Gasteiger partial charge in [-0.1, -0.05) is 59.6 Å². The number of ether oxygens (including phenoxy) is 1. The van der Waals surface area contributed by atoms with Gasteiger partial charge in [-0.05, 0) is 42.8 Å². The number of carbonyl (C=O) groups is 1. The average Bonchev–Trinajstić information content (AvgIpc) is 2.79. The largest absolute Gasteiger partial charge is 0.495 e. The zero-order valence-electron chi connectivity index (χ0n) is 17.5. The molecule has 3 aromatic rings. The third-order valence-electron chi connectivity index (χ3n) is 4.52. The summed E-state index contributed by atoms with van der Waals surface area (Å²) >= 11 is 6.20. The number of anilines is 1. The van der Waals surface area contributed by atoms with Crippen LogP contribution in [0, 0.1) is 6.92 Å². The smallest absolute Gasteiger partial charge is 0.264 e. The number of halogens is 1. The zero-order chi connectivity index (χ0) is 23.1. The lowest BCUT2D eigenvalue weighted by atomic mass is 10.2. The highest BCUT2D eigenvalue weighted by Gasteiger charge is 2.27. The number of hydrogen-bond donors (Lipinski definition) is 1. The standard InChI is InChI=1S/C23H22ClN3O4S/c1-17-8-10-18(11-9-17)15-25-26-23(28)16-27(19-12-13-22(31-2)21(24)14-19)32(29,30)20-6-4-3-5-7-20/h3-15H,16H2,1-2H3,(H,26,28)/b25-15-. The molecule has 0 aliphatic carbocycles. The molecular formula is C23H22ClN3O4S. The molecule has 0 aliphatic heterocycles. The van der Waals surface area contributed by atoms with Gasteiger partial charge in [0.15, 0.2) is 0 Å². The van der Waals surface area contributed by atoms with E-state index >= 15 is 0 Å². The van der Waals surface area contributed by atoms with Crippen molar-refractivity contribution in [2.24, 2.45) is 5.10 Å². The number of benzene rings is 3.